The molecule has 0 saturated carbocycles. The molecule has 0 unspecified atom stereocenters. The van der Waals surface area contributed by atoms with E-state index in [1.807, 2.05) is 0 Å². The van der Waals surface area contributed by atoms with Gasteiger partial charge >= 0.3 is 0 Å². The number of benzene rings is 1. The SMILES string of the molecule is COCc1cc(-c2nnc(C)o2)c(F)cc1Br. The van der Waals surface area contributed by atoms with Crippen molar-refractivity contribution in [2.45, 2.75) is 13.5 Å². The standard InChI is InChI=1S/C11H10BrFN2O2/c1-6-14-15-11(17-6)8-3-7(5-16-2)9(12)4-10(8)13/h3-4H,5H2,1-2H3. The van der Waals surface area contributed by atoms with Gasteiger partial charge in [0.2, 0.25) is 5.89 Å². The van der Waals surface area contributed by atoms with E-state index in [4.69, 9.17) is 9.15 Å². The smallest absolute Gasteiger partial charge is 0.250 e. The first-order chi connectivity index (χ1) is 8.11. The molecular formula is C11H10BrFN2O2. The summed E-state index contributed by atoms with van der Waals surface area (Å²) in [6, 6.07) is 3.00. The molecule has 1 aromatic carbocycles. The maximum Gasteiger partial charge on any atom is 0.250 e. The molecule has 0 saturated heterocycles. The zero-order valence-electron chi connectivity index (χ0n) is 9.33. The molecule has 0 aliphatic carbocycles. The molecule has 0 N–H and O–H groups in total. The van der Waals surface area contributed by atoms with Crippen molar-refractivity contribution in [3.8, 4) is 11.5 Å². The molecule has 2 rings (SSSR count). The molecule has 4 nitrogen and oxygen atoms in total. The van der Waals surface area contributed by atoms with Gasteiger partial charge < -0.3 is 9.15 Å². The van der Waals surface area contributed by atoms with Gasteiger partial charge in [-0.15, -0.1) is 10.2 Å². The van der Waals surface area contributed by atoms with Gasteiger partial charge in [-0.25, -0.2) is 4.39 Å². The fourth-order valence-corrected chi connectivity index (χ4v) is 1.86. The van der Waals surface area contributed by atoms with E-state index in [0.29, 0.717) is 17.0 Å². The molecule has 17 heavy (non-hydrogen) atoms. The Labute approximate surface area is 106 Å². The summed E-state index contributed by atoms with van der Waals surface area (Å²) in [5.41, 5.74) is 1.10. The lowest BCUT2D eigenvalue weighted by molar-refractivity contribution is 0.184. The minimum absolute atomic E-state index is 0.171. The number of halogens is 2. The van der Waals surface area contributed by atoms with Crippen molar-refractivity contribution >= 4 is 15.9 Å². The first kappa shape index (κ1) is 12.2. The number of rotatable bonds is 3. The van der Waals surface area contributed by atoms with Crippen molar-refractivity contribution in [3.05, 3.63) is 33.9 Å². The average molecular weight is 301 g/mol. The van der Waals surface area contributed by atoms with Gasteiger partial charge in [-0.2, -0.15) is 0 Å². The lowest BCUT2D eigenvalue weighted by atomic mass is 10.1. The van der Waals surface area contributed by atoms with Crippen LogP contribution in [0.2, 0.25) is 0 Å². The highest BCUT2D eigenvalue weighted by molar-refractivity contribution is 9.10. The van der Waals surface area contributed by atoms with E-state index in [9.17, 15) is 4.39 Å². The number of nitrogens with zero attached hydrogens (tertiary/aromatic N) is 2. The second-order valence-electron chi connectivity index (χ2n) is 3.48. The molecule has 0 bridgehead atoms. The third-order valence-electron chi connectivity index (χ3n) is 2.19. The molecule has 0 fully saturated rings. The van der Waals surface area contributed by atoms with Crippen molar-refractivity contribution in [1.29, 1.82) is 0 Å². The van der Waals surface area contributed by atoms with Crippen LogP contribution in [0.4, 0.5) is 4.39 Å². The number of aryl methyl sites for hydroxylation is 1. The van der Waals surface area contributed by atoms with Crippen LogP contribution in [0.25, 0.3) is 11.5 Å². The van der Waals surface area contributed by atoms with Gasteiger partial charge in [0, 0.05) is 18.5 Å². The summed E-state index contributed by atoms with van der Waals surface area (Å²) < 4.78 is 24.6. The lowest BCUT2D eigenvalue weighted by Gasteiger charge is -2.06. The summed E-state index contributed by atoms with van der Waals surface area (Å²) in [4.78, 5) is 0. The number of aromatic nitrogens is 2. The fraction of sp³-hybridized carbons (Fsp3) is 0.273. The second kappa shape index (κ2) is 4.93. The third kappa shape index (κ3) is 2.53. The third-order valence-corrected chi connectivity index (χ3v) is 2.93. The van der Waals surface area contributed by atoms with E-state index in [-0.39, 0.29) is 11.5 Å². The highest BCUT2D eigenvalue weighted by Crippen LogP contribution is 2.28. The Balaban J connectivity index is 2.50. The maximum atomic E-state index is 13.8. The van der Waals surface area contributed by atoms with Crippen LogP contribution in [0.3, 0.4) is 0 Å². The number of hydrogen-bond acceptors (Lipinski definition) is 4. The minimum Gasteiger partial charge on any atom is -0.421 e. The monoisotopic (exact) mass is 300 g/mol. The van der Waals surface area contributed by atoms with Gasteiger partial charge in [0.25, 0.3) is 5.89 Å². The molecule has 1 heterocycles. The van der Waals surface area contributed by atoms with Gasteiger partial charge in [0.15, 0.2) is 0 Å². The summed E-state index contributed by atoms with van der Waals surface area (Å²) >= 11 is 3.27. The number of methoxy groups -OCH3 is 1. The van der Waals surface area contributed by atoms with E-state index in [1.54, 1.807) is 20.1 Å². The van der Waals surface area contributed by atoms with Gasteiger partial charge in [0.05, 0.1) is 12.2 Å². The Morgan fingerprint density at radius 2 is 2.18 bits per heavy atom. The van der Waals surface area contributed by atoms with Crippen molar-refractivity contribution < 1.29 is 13.5 Å². The predicted molar refractivity (Wildman–Crippen MR) is 62.8 cm³/mol. The highest BCUT2D eigenvalue weighted by atomic mass is 79.9. The summed E-state index contributed by atoms with van der Waals surface area (Å²) in [5.74, 6) is 0.154. The zero-order chi connectivity index (χ0) is 12.4. The molecular weight excluding hydrogens is 291 g/mol. The van der Waals surface area contributed by atoms with Crippen LogP contribution in [0.1, 0.15) is 11.5 Å². The summed E-state index contributed by atoms with van der Waals surface area (Å²) in [6.07, 6.45) is 0. The molecule has 90 valence electrons. The maximum absolute atomic E-state index is 13.8. The normalized spacial score (nSPS) is 10.8. The van der Waals surface area contributed by atoms with Crippen LogP contribution >= 0.6 is 15.9 Å². The molecule has 0 amide bonds. The lowest BCUT2D eigenvalue weighted by Crippen LogP contribution is -1.94. The van der Waals surface area contributed by atoms with Crippen LogP contribution in [0.5, 0.6) is 0 Å². The molecule has 0 atom stereocenters. The van der Waals surface area contributed by atoms with Gasteiger partial charge in [-0.3, -0.25) is 0 Å². The van der Waals surface area contributed by atoms with Crippen LogP contribution in [0, 0.1) is 12.7 Å². The number of ether oxygens (including phenoxy) is 1. The molecule has 0 radical (unpaired) electrons. The second-order valence-corrected chi connectivity index (χ2v) is 4.34. The first-order valence-electron chi connectivity index (χ1n) is 4.89. The highest BCUT2D eigenvalue weighted by Gasteiger charge is 2.14. The molecule has 2 aromatic rings. The molecule has 0 aliphatic heterocycles. The first-order valence-corrected chi connectivity index (χ1v) is 5.68. The van der Waals surface area contributed by atoms with Crippen LogP contribution in [-0.2, 0) is 11.3 Å². The van der Waals surface area contributed by atoms with E-state index >= 15 is 0 Å². The molecule has 1 aromatic heterocycles. The quantitative estimate of drug-likeness (QED) is 0.874. The molecule has 0 spiro atoms. The Bertz CT molecular complexity index is 542. The van der Waals surface area contributed by atoms with Gasteiger partial charge in [-0.05, 0) is 17.7 Å². The fourth-order valence-electron chi connectivity index (χ4n) is 1.43. The predicted octanol–water partition coefficient (Wildman–Crippen LogP) is 3.09. The Morgan fingerprint density at radius 3 is 2.76 bits per heavy atom. The summed E-state index contributed by atoms with van der Waals surface area (Å²) in [7, 11) is 1.58. The van der Waals surface area contributed by atoms with E-state index < -0.39 is 5.82 Å². The molecule has 0 aliphatic rings. The zero-order valence-corrected chi connectivity index (χ0v) is 10.9. The van der Waals surface area contributed by atoms with Gasteiger partial charge in [-0.1, -0.05) is 15.9 Å². The van der Waals surface area contributed by atoms with Crippen LogP contribution in [0.15, 0.2) is 21.0 Å². The Morgan fingerprint density at radius 1 is 1.41 bits per heavy atom. The Hall–Kier alpha value is -1.27. The Kier molecular flexibility index (Phi) is 3.54. The van der Waals surface area contributed by atoms with Crippen LogP contribution in [-0.4, -0.2) is 17.3 Å². The largest absolute Gasteiger partial charge is 0.421 e. The van der Waals surface area contributed by atoms with Crippen LogP contribution < -0.4 is 0 Å². The van der Waals surface area contributed by atoms with Crippen molar-refractivity contribution in [3.63, 3.8) is 0 Å². The van der Waals surface area contributed by atoms with E-state index in [2.05, 4.69) is 26.1 Å². The van der Waals surface area contributed by atoms with E-state index in [1.165, 1.54) is 6.07 Å². The van der Waals surface area contributed by atoms with Crippen molar-refractivity contribution in [1.82, 2.24) is 10.2 Å². The molecule has 6 heteroatoms. The summed E-state index contributed by atoms with van der Waals surface area (Å²) in [6.45, 7) is 2.03. The average Bonchev–Trinajstić information content (AvgIpc) is 2.69. The van der Waals surface area contributed by atoms with Gasteiger partial charge in [0.1, 0.15) is 5.82 Å². The van der Waals surface area contributed by atoms with Crippen molar-refractivity contribution in [2.24, 2.45) is 0 Å². The summed E-state index contributed by atoms with van der Waals surface area (Å²) in [5, 5.41) is 7.47. The topological polar surface area (TPSA) is 48.2 Å². The van der Waals surface area contributed by atoms with Crippen molar-refractivity contribution in [2.75, 3.05) is 7.11 Å². The number of hydrogen-bond donors (Lipinski definition) is 0. The minimum atomic E-state index is -0.416. The van der Waals surface area contributed by atoms with E-state index in [0.717, 1.165) is 5.56 Å².